The molecule has 0 aliphatic carbocycles. The number of hydrogen-bond acceptors (Lipinski definition) is 3. The van der Waals surface area contributed by atoms with E-state index in [1.807, 2.05) is 35.7 Å². The number of carbonyl (C=O) groups excluding carboxylic acids is 1. The van der Waals surface area contributed by atoms with Gasteiger partial charge in [0.05, 0.1) is 18.0 Å². The quantitative estimate of drug-likeness (QED) is 0.809. The molecule has 0 spiro atoms. The molecule has 2 aromatic heterocycles. The summed E-state index contributed by atoms with van der Waals surface area (Å²) in [6, 6.07) is 5.64. The summed E-state index contributed by atoms with van der Waals surface area (Å²) < 4.78 is 1.85. The Morgan fingerprint density at radius 3 is 2.90 bits per heavy atom. The van der Waals surface area contributed by atoms with E-state index in [2.05, 4.69) is 10.3 Å². The van der Waals surface area contributed by atoms with Gasteiger partial charge in [-0.05, 0) is 18.6 Å². The molecule has 21 heavy (non-hydrogen) atoms. The lowest BCUT2D eigenvalue weighted by molar-refractivity contribution is -0.141. The highest BCUT2D eigenvalue weighted by atomic mass is 16.4. The Labute approximate surface area is 122 Å². The van der Waals surface area contributed by atoms with Gasteiger partial charge in [0.1, 0.15) is 5.65 Å². The van der Waals surface area contributed by atoms with Gasteiger partial charge in [0.25, 0.3) is 0 Å². The molecule has 0 saturated heterocycles. The molecule has 2 rings (SSSR count). The highest BCUT2D eigenvalue weighted by Gasteiger charge is 2.17. The zero-order valence-corrected chi connectivity index (χ0v) is 12.0. The molecule has 112 valence electrons. The minimum absolute atomic E-state index is 0.153. The molecule has 1 atom stereocenters. The molecular weight excluding hydrogens is 270 g/mol. The number of pyridine rings is 1. The van der Waals surface area contributed by atoms with Crippen LogP contribution < -0.4 is 5.32 Å². The van der Waals surface area contributed by atoms with Crippen molar-refractivity contribution >= 4 is 17.5 Å². The monoisotopic (exact) mass is 289 g/mol. The fourth-order valence-electron chi connectivity index (χ4n) is 2.20. The Balaban J connectivity index is 1.90. The van der Waals surface area contributed by atoms with Crippen molar-refractivity contribution < 1.29 is 14.7 Å². The average Bonchev–Trinajstić information content (AvgIpc) is 2.85. The number of rotatable bonds is 7. The maximum absolute atomic E-state index is 11.9. The average molecular weight is 289 g/mol. The van der Waals surface area contributed by atoms with Crippen molar-refractivity contribution in [3.8, 4) is 0 Å². The number of aromatic nitrogens is 2. The number of carbonyl (C=O) groups is 2. The molecule has 0 radical (unpaired) electrons. The Kier molecular flexibility index (Phi) is 4.92. The summed E-state index contributed by atoms with van der Waals surface area (Å²) in [5, 5.41) is 11.7. The minimum atomic E-state index is -0.870. The van der Waals surface area contributed by atoms with Crippen LogP contribution >= 0.6 is 0 Å². The van der Waals surface area contributed by atoms with Gasteiger partial charge in [-0.3, -0.25) is 9.59 Å². The first-order valence-electron chi connectivity index (χ1n) is 7.02. The molecule has 0 aromatic carbocycles. The lowest BCUT2D eigenvalue weighted by Crippen LogP contribution is -2.33. The molecule has 2 aromatic rings. The molecule has 0 saturated carbocycles. The zero-order valence-electron chi connectivity index (χ0n) is 12.0. The number of nitrogens with one attached hydrogen (secondary N) is 1. The number of carboxylic acid groups (broad SMARTS) is 1. The molecule has 1 amide bonds. The minimum Gasteiger partial charge on any atom is -0.481 e. The van der Waals surface area contributed by atoms with Crippen molar-refractivity contribution in [2.45, 2.75) is 26.2 Å². The predicted octanol–water partition coefficient (Wildman–Crippen LogP) is 1.49. The fraction of sp³-hybridized carbons (Fsp3) is 0.400. The first-order valence-corrected chi connectivity index (χ1v) is 7.02. The van der Waals surface area contributed by atoms with E-state index in [4.69, 9.17) is 5.11 Å². The van der Waals surface area contributed by atoms with Crippen LogP contribution in [0.1, 0.15) is 25.5 Å². The number of nitrogens with zero attached hydrogens (tertiary/aromatic N) is 2. The summed E-state index contributed by atoms with van der Waals surface area (Å²) in [5.41, 5.74) is 1.45. The largest absolute Gasteiger partial charge is 0.481 e. The van der Waals surface area contributed by atoms with Crippen LogP contribution in [-0.2, 0) is 16.0 Å². The fourth-order valence-corrected chi connectivity index (χ4v) is 2.20. The van der Waals surface area contributed by atoms with Crippen molar-refractivity contribution in [3.63, 3.8) is 0 Å². The third-order valence-electron chi connectivity index (χ3n) is 3.29. The maximum Gasteiger partial charge on any atom is 0.308 e. The first-order chi connectivity index (χ1) is 10.1. The van der Waals surface area contributed by atoms with E-state index in [0.29, 0.717) is 12.1 Å². The van der Waals surface area contributed by atoms with Crippen LogP contribution in [0.3, 0.4) is 0 Å². The summed E-state index contributed by atoms with van der Waals surface area (Å²) in [6.07, 6.45) is 5.16. The second-order valence-electron chi connectivity index (χ2n) is 5.00. The van der Waals surface area contributed by atoms with Gasteiger partial charge >= 0.3 is 5.97 Å². The predicted molar refractivity (Wildman–Crippen MR) is 77.9 cm³/mol. The summed E-state index contributed by atoms with van der Waals surface area (Å²) in [4.78, 5) is 27.2. The summed E-state index contributed by atoms with van der Waals surface area (Å²) in [5.74, 6) is -1.61. The molecule has 6 heteroatoms. The second kappa shape index (κ2) is 6.88. The van der Waals surface area contributed by atoms with Crippen LogP contribution in [0.15, 0.2) is 30.6 Å². The van der Waals surface area contributed by atoms with Gasteiger partial charge in [-0.2, -0.15) is 0 Å². The number of amides is 1. The molecule has 0 aliphatic rings. The molecule has 0 fully saturated rings. The van der Waals surface area contributed by atoms with E-state index < -0.39 is 11.9 Å². The van der Waals surface area contributed by atoms with Gasteiger partial charge in [0.2, 0.25) is 5.91 Å². The van der Waals surface area contributed by atoms with Gasteiger partial charge in [-0.15, -0.1) is 0 Å². The molecule has 2 N–H and O–H groups in total. The highest BCUT2D eigenvalue weighted by molar-refractivity contribution is 5.79. The lowest BCUT2D eigenvalue weighted by atomic mass is 10.0. The summed E-state index contributed by atoms with van der Waals surface area (Å²) in [7, 11) is 0. The van der Waals surface area contributed by atoms with Crippen molar-refractivity contribution in [2.24, 2.45) is 5.92 Å². The summed E-state index contributed by atoms with van der Waals surface area (Å²) >= 11 is 0. The van der Waals surface area contributed by atoms with Gasteiger partial charge < -0.3 is 14.8 Å². The number of fused-ring (bicyclic) bond motifs is 1. The third kappa shape index (κ3) is 4.05. The maximum atomic E-state index is 11.9. The Morgan fingerprint density at radius 2 is 2.24 bits per heavy atom. The van der Waals surface area contributed by atoms with Crippen molar-refractivity contribution in [3.05, 3.63) is 36.3 Å². The SMILES string of the molecule is CCCC(CNC(=O)Cc1cn2ccccc2n1)C(=O)O. The smallest absolute Gasteiger partial charge is 0.308 e. The van der Waals surface area contributed by atoms with Gasteiger partial charge in [-0.1, -0.05) is 19.4 Å². The molecule has 0 bridgehead atoms. The molecular formula is C15H19N3O3. The van der Waals surface area contributed by atoms with E-state index >= 15 is 0 Å². The number of hydrogen-bond donors (Lipinski definition) is 2. The number of carboxylic acids is 1. The topological polar surface area (TPSA) is 83.7 Å². The highest BCUT2D eigenvalue weighted by Crippen LogP contribution is 2.07. The van der Waals surface area contributed by atoms with Gasteiger partial charge in [0, 0.05) is 18.9 Å². The number of imidazole rings is 1. The van der Waals surface area contributed by atoms with Crippen molar-refractivity contribution in [1.82, 2.24) is 14.7 Å². The lowest BCUT2D eigenvalue weighted by Gasteiger charge is -2.11. The zero-order chi connectivity index (χ0) is 15.2. The van der Waals surface area contributed by atoms with Crippen LogP contribution in [0.2, 0.25) is 0 Å². The number of aliphatic carboxylic acids is 1. The Bertz CT molecular complexity index is 603. The summed E-state index contributed by atoms with van der Waals surface area (Å²) in [6.45, 7) is 2.09. The van der Waals surface area contributed by atoms with Crippen molar-refractivity contribution in [1.29, 1.82) is 0 Å². The van der Waals surface area contributed by atoms with Gasteiger partial charge in [0.15, 0.2) is 0 Å². The Morgan fingerprint density at radius 1 is 1.43 bits per heavy atom. The van der Waals surface area contributed by atoms with E-state index in [1.54, 1.807) is 6.20 Å². The van der Waals surface area contributed by atoms with E-state index in [-0.39, 0.29) is 18.9 Å². The van der Waals surface area contributed by atoms with E-state index in [0.717, 1.165) is 12.1 Å². The Hall–Kier alpha value is -2.37. The van der Waals surface area contributed by atoms with Crippen LogP contribution in [0, 0.1) is 5.92 Å². The third-order valence-corrected chi connectivity index (χ3v) is 3.29. The van der Waals surface area contributed by atoms with E-state index in [1.165, 1.54) is 0 Å². The standard InChI is InChI=1S/C15H19N3O3/c1-2-5-11(15(20)21)9-16-14(19)8-12-10-18-7-4-3-6-13(18)17-12/h3-4,6-7,10-11H,2,5,8-9H2,1H3,(H,16,19)(H,20,21). The molecule has 1 unspecified atom stereocenters. The molecule has 2 heterocycles. The van der Waals surface area contributed by atoms with Crippen molar-refractivity contribution in [2.75, 3.05) is 6.54 Å². The van der Waals surface area contributed by atoms with Gasteiger partial charge in [-0.25, -0.2) is 4.98 Å². The molecule has 6 nitrogen and oxygen atoms in total. The van der Waals surface area contributed by atoms with Crippen LogP contribution in [0.4, 0.5) is 0 Å². The first kappa shape index (κ1) is 15.0. The van der Waals surface area contributed by atoms with E-state index in [9.17, 15) is 9.59 Å². The normalized spacial score (nSPS) is 12.2. The van der Waals surface area contributed by atoms with Crippen LogP contribution in [-0.4, -0.2) is 32.9 Å². The second-order valence-corrected chi connectivity index (χ2v) is 5.00. The molecule has 0 aliphatic heterocycles. The van der Waals surface area contributed by atoms with Crippen LogP contribution in [0.5, 0.6) is 0 Å². The van der Waals surface area contributed by atoms with Crippen LogP contribution in [0.25, 0.3) is 5.65 Å².